The summed E-state index contributed by atoms with van der Waals surface area (Å²) in [7, 11) is 0. The first kappa shape index (κ1) is 19.0. The van der Waals surface area contributed by atoms with E-state index >= 15 is 0 Å². The van der Waals surface area contributed by atoms with Crippen molar-refractivity contribution >= 4 is 11.9 Å². The van der Waals surface area contributed by atoms with Crippen LogP contribution in [0.1, 0.15) is 40.5 Å². The Balaban J connectivity index is 0.000000486. The molecule has 0 aliphatic carbocycles. The summed E-state index contributed by atoms with van der Waals surface area (Å²) < 4.78 is 14.8. The summed E-state index contributed by atoms with van der Waals surface area (Å²) >= 11 is 0. The predicted octanol–water partition coefficient (Wildman–Crippen LogP) is 3.32. The molecular formula is C16H24O5. The van der Waals surface area contributed by atoms with E-state index in [0.29, 0.717) is 25.2 Å². The average molecular weight is 296 g/mol. The fourth-order valence-corrected chi connectivity index (χ4v) is 1.25. The lowest BCUT2D eigenvalue weighted by molar-refractivity contribution is -0.160. The summed E-state index contributed by atoms with van der Waals surface area (Å²) in [5, 5.41) is 0. The van der Waals surface area contributed by atoms with E-state index in [9.17, 15) is 9.59 Å². The smallest absolute Gasteiger partial charge is 0.308 e. The van der Waals surface area contributed by atoms with Crippen LogP contribution in [0, 0.1) is 0 Å². The fraction of sp³-hybridized carbons (Fsp3) is 0.500. The molecule has 1 atom stereocenters. The van der Waals surface area contributed by atoms with E-state index in [1.54, 1.807) is 27.7 Å². The van der Waals surface area contributed by atoms with Crippen molar-refractivity contribution < 1.29 is 23.8 Å². The van der Waals surface area contributed by atoms with Crippen molar-refractivity contribution in [2.45, 2.75) is 46.8 Å². The first-order valence-electron chi connectivity index (χ1n) is 7.10. The summed E-state index contributed by atoms with van der Waals surface area (Å²) in [6, 6.07) is 9.26. The minimum Gasteiger partial charge on any atom is -0.466 e. The van der Waals surface area contributed by atoms with E-state index in [1.807, 2.05) is 30.3 Å². The van der Waals surface area contributed by atoms with Gasteiger partial charge in [0, 0.05) is 19.8 Å². The molecule has 1 aromatic carbocycles. The number of hydrogen-bond acceptors (Lipinski definition) is 5. The molecule has 0 amide bonds. The largest absolute Gasteiger partial charge is 0.466 e. The lowest BCUT2D eigenvalue weighted by Crippen LogP contribution is -2.20. The third kappa shape index (κ3) is 10.4. The van der Waals surface area contributed by atoms with Crippen molar-refractivity contribution in [2.24, 2.45) is 0 Å². The van der Waals surface area contributed by atoms with Gasteiger partial charge in [-0.2, -0.15) is 0 Å². The Morgan fingerprint density at radius 2 is 1.57 bits per heavy atom. The van der Waals surface area contributed by atoms with Gasteiger partial charge >= 0.3 is 11.9 Å². The van der Waals surface area contributed by atoms with E-state index < -0.39 is 6.29 Å². The van der Waals surface area contributed by atoms with E-state index in [-0.39, 0.29) is 11.9 Å². The van der Waals surface area contributed by atoms with Gasteiger partial charge in [-0.25, -0.2) is 0 Å². The van der Waals surface area contributed by atoms with Crippen LogP contribution in [-0.2, 0) is 19.1 Å². The standard InChI is InChI=1S/C11H14O3.C5H10O2/c1-3-11(12)14-9(2)13-10-7-5-4-6-8-10;1-3-5(6)7-4-2/h4-9H,3H2,1-2H3;3-4H2,1-2H3. The number of para-hydroxylation sites is 1. The Morgan fingerprint density at radius 3 is 2.00 bits per heavy atom. The zero-order valence-electron chi connectivity index (χ0n) is 13.1. The predicted molar refractivity (Wildman–Crippen MR) is 79.8 cm³/mol. The highest BCUT2D eigenvalue weighted by Gasteiger charge is 2.07. The zero-order valence-corrected chi connectivity index (χ0v) is 13.1. The topological polar surface area (TPSA) is 61.8 Å². The van der Waals surface area contributed by atoms with Crippen molar-refractivity contribution in [1.82, 2.24) is 0 Å². The molecule has 0 bridgehead atoms. The van der Waals surface area contributed by atoms with E-state index in [1.165, 1.54) is 0 Å². The quantitative estimate of drug-likeness (QED) is 0.595. The van der Waals surface area contributed by atoms with E-state index in [2.05, 4.69) is 4.74 Å². The second-order valence-corrected chi connectivity index (χ2v) is 4.00. The molecule has 0 radical (unpaired) electrons. The van der Waals surface area contributed by atoms with Crippen LogP contribution in [0.4, 0.5) is 0 Å². The number of benzene rings is 1. The third-order valence-electron chi connectivity index (χ3n) is 2.23. The van der Waals surface area contributed by atoms with Crippen LogP contribution >= 0.6 is 0 Å². The number of ether oxygens (including phenoxy) is 3. The number of esters is 2. The van der Waals surface area contributed by atoms with Crippen LogP contribution in [-0.4, -0.2) is 24.8 Å². The monoisotopic (exact) mass is 296 g/mol. The SMILES string of the molecule is CCC(=O)OC(C)Oc1ccccc1.CCOC(=O)CC. The van der Waals surface area contributed by atoms with Gasteiger partial charge in [-0.1, -0.05) is 32.0 Å². The van der Waals surface area contributed by atoms with E-state index in [0.717, 1.165) is 0 Å². The summed E-state index contributed by atoms with van der Waals surface area (Å²) in [4.78, 5) is 21.1. The van der Waals surface area contributed by atoms with E-state index in [4.69, 9.17) is 9.47 Å². The molecule has 0 saturated carbocycles. The van der Waals surface area contributed by atoms with Gasteiger partial charge < -0.3 is 14.2 Å². The number of rotatable bonds is 6. The Morgan fingerprint density at radius 1 is 1.00 bits per heavy atom. The van der Waals surface area contributed by atoms with Crippen molar-refractivity contribution in [3.05, 3.63) is 30.3 Å². The van der Waals surface area contributed by atoms with Crippen molar-refractivity contribution in [2.75, 3.05) is 6.61 Å². The van der Waals surface area contributed by atoms with Gasteiger partial charge in [0.15, 0.2) is 0 Å². The first-order valence-corrected chi connectivity index (χ1v) is 7.10. The van der Waals surface area contributed by atoms with Crippen LogP contribution in [0.15, 0.2) is 30.3 Å². The molecule has 1 rings (SSSR count). The molecule has 0 spiro atoms. The second-order valence-electron chi connectivity index (χ2n) is 4.00. The summed E-state index contributed by atoms with van der Waals surface area (Å²) in [6.45, 7) is 7.51. The Labute approximate surface area is 126 Å². The molecule has 0 fully saturated rings. The van der Waals surface area contributed by atoms with Crippen LogP contribution < -0.4 is 4.74 Å². The molecular weight excluding hydrogens is 272 g/mol. The van der Waals surface area contributed by atoms with Crippen LogP contribution in [0.2, 0.25) is 0 Å². The molecule has 0 aromatic heterocycles. The maximum atomic E-state index is 10.9. The molecule has 0 aliphatic heterocycles. The molecule has 0 saturated heterocycles. The third-order valence-corrected chi connectivity index (χ3v) is 2.23. The molecule has 1 aromatic rings. The zero-order chi connectivity index (χ0) is 16.1. The highest BCUT2D eigenvalue weighted by Crippen LogP contribution is 2.11. The second kappa shape index (κ2) is 11.8. The Bertz CT molecular complexity index is 402. The summed E-state index contributed by atoms with van der Waals surface area (Å²) in [5.74, 6) is 0.319. The summed E-state index contributed by atoms with van der Waals surface area (Å²) in [6.07, 6.45) is 0.306. The van der Waals surface area contributed by atoms with Crippen LogP contribution in [0.5, 0.6) is 5.75 Å². The van der Waals surface area contributed by atoms with Gasteiger partial charge in [0.2, 0.25) is 6.29 Å². The van der Waals surface area contributed by atoms with Gasteiger partial charge in [0.25, 0.3) is 0 Å². The normalized spacial score (nSPS) is 10.7. The highest BCUT2D eigenvalue weighted by molar-refractivity contribution is 5.69. The number of carbonyl (C=O) groups is 2. The maximum Gasteiger partial charge on any atom is 0.308 e. The van der Waals surface area contributed by atoms with Gasteiger partial charge in [-0.05, 0) is 19.1 Å². The minimum absolute atomic E-state index is 0.123. The van der Waals surface area contributed by atoms with Crippen LogP contribution in [0.25, 0.3) is 0 Å². The minimum atomic E-state index is -0.537. The fourth-order valence-electron chi connectivity index (χ4n) is 1.25. The average Bonchev–Trinajstić information content (AvgIpc) is 2.48. The molecule has 5 nitrogen and oxygen atoms in total. The molecule has 1 unspecified atom stereocenters. The van der Waals surface area contributed by atoms with Crippen molar-refractivity contribution in [3.63, 3.8) is 0 Å². The maximum absolute atomic E-state index is 10.9. The van der Waals surface area contributed by atoms with Gasteiger partial charge in [0.05, 0.1) is 6.61 Å². The molecule has 5 heteroatoms. The van der Waals surface area contributed by atoms with Gasteiger partial charge in [-0.3, -0.25) is 9.59 Å². The van der Waals surface area contributed by atoms with Gasteiger partial charge in [0.1, 0.15) is 5.75 Å². The first-order chi connectivity index (χ1) is 10.0. The van der Waals surface area contributed by atoms with Crippen molar-refractivity contribution in [1.29, 1.82) is 0 Å². The lowest BCUT2D eigenvalue weighted by atomic mass is 10.3. The molecule has 0 heterocycles. The summed E-state index contributed by atoms with van der Waals surface area (Å²) in [5.41, 5.74) is 0. The molecule has 0 aliphatic rings. The lowest BCUT2D eigenvalue weighted by Gasteiger charge is -2.14. The van der Waals surface area contributed by atoms with Gasteiger partial charge in [-0.15, -0.1) is 0 Å². The number of carbonyl (C=O) groups excluding carboxylic acids is 2. The highest BCUT2D eigenvalue weighted by atomic mass is 16.7. The van der Waals surface area contributed by atoms with Crippen molar-refractivity contribution in [3.8, 4) is 5.75 Å². The molecule has 0 N–H and O–H groups in total. The Hall–Kier alpha value is -2.04. The molecule has 118 valence electrons. The Kier molecular flexibility index (Phi) is 10.6. The molecule has 21 heavy (non-hydrogen) atoms. The number of hydrogen-bond donors (Lipinski definition) is 0. The van der Waals surface area contributed by atoms with Crippen LogP contribution in [0.3, 0.4) is 0 Å².